The van der Waals surface area contributed by atoms with E-state index in [1.807, 2.05) is 10.9 Å². The van der Waals surface area contributed by atoms with E-state index in [1.54, 1.807) is 0 Å². The van der Waals surface area contributed by atoms with Crippen molar-refractivity contribution in [3.8, 4) is 0 Å². The van der Waals surface area contributed by atoms with Crippen LogP contribution in [0, 0.1) is 0 Å². The second kappa shape index (κ2) is 7.15. The van der Waals surface area contributed by atoms with E-state index in [2.05, 4.69) is 48.2 Å². The molecule has 0 saturated carbocycles. The molecule has 20 heavy (non-hydrogen) atoms. The molecule has 0 bridgehead atoms. The maximum atomic E-state index is 5.74. The summed E-state index contributed by atoms with van der Waals surface area (Å²) in [5.41, 5.74) is 1.00. The van der Waals surface area contributed by atoms with E-state index >= 15 is 0 Å². The molecular formula is C14H27N5O. The highest BCUT2D eigenvalue weighted by Crippen LogP contribution is 2.10. The van der Waals surface area contributed by atoms with Crippen LogP contribution in [0.1, 0.15) is 33.4 Å². The zero-order valence-electron chi connectivity index (χ0n) is 13.0. The molecule has 1 aliphatic rings. The van der Waals surface area contributed by atoms with Gasteiger partial charge in [-0.15, -0.1) is 5.10 Å². The van der Waals surface area contributed by atoms with Crippen molar-refractivity contribution in [2.75, 3.05) is 19.6 Å². The van der Waals surface area contributed by atoms with Gasteiger partial charge in [-0.05, 0) is 13.8 Å². The van der Waals surface area contributed by atoms with Crippen molar-refractivity contribution < 1.29 is 4.74 Å². The van der Waals surface area contributed by atoms with Crippen LogP contribution in [0.4, 0.5) is 0 Å². The molecule has 1 fully saturated rings. The minimum Gasteiger partial charge on any atom is -0.373 e. The van der Waals surface area contributed by atoms with Gasteiger partial charge in [0.1, 0.15) is 0 Å². The quantitative estimate of drug-likeness (QED) is 0.839. The van der Waals surface area contributed by atoms with Crippen molar-refractivity contribution in [3.63, 3.8) is 0 Å². The van der Waals surface area contributed by atoms with Crippen LogP contribution in [-0.4, -0.2) is 57.8 Å². The van der Waals surface area contributed by atoms with Crippen LogP contribution in [0.5, 0.6) is 0 Å². The summed E-state index contributed by atoms with van der Waals surface area (Å²) in [4.78, 5) is 2.44. The van der Waals surface area contributed by atoms with Crippen molar-refractivity contribution in [3.05, 3.63) is 11.9 Å². The SMILES string of the molecule is CC(C)NCc1cn(CCN2CC(C)OC(C)C2)nn1. The minimum absolute atomic E-state index is 0.320. The van der Waals surface area contributed by atoms with E-state index in [0.29, 0.717) is 18.2 Å². The fraction of sp³-hybridized carbons (Fsp3) is 0.857. The molecule has 1 N–H and O–H groups in total. The van der Waals surface area contributed by atoms with Gasteiger partial charge in [0.05, 0.1) is 24.4 Å². The molecule has 2 rings (SSSR count). The molecule has 1 aliphatic heterocycles. The molecule has 6 nitrogen and oxygen atoms in total. The molecule has 2 atom stereocenters. The van der Waals surface area contributed by atoms with Gasteiger partial charge in [0.2, 0.25) is 0 Å². The molecule has 0 amide bonds. The van der Waals surface area contributed by atoms with Crippen LogP contribution in [-0.2, 0) is 17.8 Å². The van der Waals surface area contributed by atoms with Crippen LogP contribution in [0.15, 0.2) is 6.20 Å². The topological polar surface area (TPSA) is 55.2 Å². The lowest BCUT2D eigenvalue weighted by atomic mass is 10.2. The van der Waals surface area contributed by atoms with Gasteiger partial charge < -0.3 is 10.1 Å². The largest absolute Gasteiger partial charge is 0.373 e. The molecule has 114 valence electrons. The predicted molar refractivity (Wildman–Crippen MR) is 78.4 cm³/mol. The Morgan fingerprint density at radius 2 is 2.00 bits per heavy atom. The van der Waals surface area contributed by atoms with Crippen molar-refractivity contribution >= 4 is 0 Å². The first-order chi connectivity index (χ1) is 9.52. The Morgan fingerprint density at radius 1 is 1.30 bits per heavy atom. The first-order valence-corrected chi connectivity index (χ1v) is 7.53. The number of hydrogen-bond acceptors (Lipinski definition) is 5. The number of aromatic nitrogens is 3. The molecule has 0 radical (unpaired) electrons. The summed E-state index contributed by atoms with van der Waals surface area (Å²) < 4.78 is 7.67. The molecule has 0 aromatic carbocycles. The van der Waals surface area contributed by atoms with Gasteiger partial charge in [-0.2, -0.15) is 0 Å². The summed E-state index contributed by atoms with van der Waals surface area (Å²) in [6, 6.07) is 0.469. The van der Waals surface area contributed by atoms with Gasteiger partial charge in [-0.25, -0.2) is 0 Å². The fourth-order valence-corrected chi connectivity index (χ4v) is 2.55. The third kappa shape index (κ3) is 4.85. The van der Waals surface area contributed by atoms with Gasteiger partial charge in [0.15, 0.2) is 0 Å². The summed E-state index contributed by atoms with van der Waals surface area (Å²) in [6.07, 6.45) is 2.67. The molecule has 1 saturated heterocycles. The van der Waals surface area contributed by atoms with E-state index in [-0.39, 0.29) is 0 Å². The molecule has 0 aliphatic carbocycles. The zero-order valence-corrected chi connectivity index (χ0v) is 13.0. The zero-order chi connectivity index (χ0) is 14.5. The molecule has 2 heterocycles. The monoisotopic (exact) mass is 281 g/mol. The minimum atomic E-state index is 0.320. The van der Waals surface area contributed by atoms with Gasteiger partial charge in [-0.1, -0.05) is 19.1 Å². The second-order valence-corrected chi connectivity index (χ2v) is 6.03. The average molecular weight is 281 g/mol. The lowest BCUT2D eigenvalue weighted by Gasteiger charge is -2.35. The summed E-state index contributed by atoms with van der Waals surface area (Å²) in [5, 5.41) is 11.7. The number of hydrogen-bond donors (Lipinski definition) is 1. The fourth-order valence-electron chi connectivity index (χ4n) is 2.55. The molecular weight excluding hydrogens is 254 g/mol. The highest BCUT2D eigenvalue weighted by molar-refractivity contribution is 4.91. The maximum Gasteiger partial charge on any atom is 0.0964 e. The standard InChI is InChI=1S/C14H27N5O/c1-11(2)15-7-14-10-19(17-16-14)6-5-18-8-12(3)20-13(4)9-18/h10-13,15H,5-9H2,1-4H3. The van der Waals surface area contributed by atoms with Gasteiger partial charge >= 0.3 is 0 Å². The molecule has 6 heteroatoms. The number of rotatable bonds is 6. The smallest absolute Gasteiger partial charge is 0.0964 e. The van der Waals surface area contributed by atoms with Crippen LogP contribution < -0.4 is 5.32 Å². The number of morpholine rings is 1. The first kappa shape index (κ1) is 15.4. The Morgan fingerprint density at radius 3 is 2.65 bits per heavy atom. The van der Waals surface area contributed by atoms with E-state index in [1.165, 1.54) is 0 Å². The van der Waals surface area contributed by atoms with Crippen LogP contribution in [0.25, 0.3) is 0 Å². The third-order valence-corrected chi connectivity index (χ3v) is 3.42. The Hall–Kier alpha value is -0.980. The third-order valence-electron chi connectivity index (χ3n) is 3.42. The van der Waals surface area contributed by atoms with Gasteiger partial charge in [0, 0.05) is 38.4 Å². The summed E-state index contributed by atoms with van der Waals surface area (Å²) in [6.45, 7) is 13.2. The summed E-state index contributed by atoms with van der Waals surface area (Å²) >= 11 is 0. The lowest BCUT2D eigenvalue weighted by molar-refractivity contribution is -0.0687. The molecule has 1 aromatic heterocycles. The predicted octanol–water partition coefficient (Wildman–Crippen LogP) is 0.885. The maximum absolute atomic E-state index is 5.74. The van der Waals surface area contributed by atoms with Crippen molar-refractivity contribution in [2.24, 2.45) is 0 Å². The Bertz CT molecular complexity index is 396. The second-order valence-electron chi connectivity index (χ2n) is 6.03. The number of nitrogens with zero attached hydrogens (tertiary/aromatic N) is 4. The van der Waals surface area contributed by atoms with Crippen molar-refractivity contribution in [1.82, 2.24) is 25.2 Å². The van der Waals surface area contributed by atoms with Crippen LogP contribution in [0.2, 0.25) is 0 Å². The van der Waals surface area contributed by atoms with Gasteiger partial charge in [0.25, 0.3) is 0 Å². The van der Waals surface area contributed by atoms with Crippen LogP contribution in [0.3, 0.4) is 0 Å². The molecule has 2 unspecified atom stereocenters. The van der Waals surface area contributed by atoms with Gasteiger partial charge in [-0.3, -0.25) is 9.58 Å². The Balaban J connectivity index is 1.76. The normalized spacial score (nSPS) is 24.4. The van der Waals surface area contributed by atoms with E-state index in [4.69, 9.17) is 4.74 Å². The van der Waals surface area contributed by atoms with E-state index in [9.17, 15) is 0 Å². The average Bonchev–Trinajstić information content (AvgIpc) is 2.81. The molecule has 1 aromatic rings. The van der Waals surface area contributed by atoms with E-state index in [0.717, 1.165) is 38.4 Å². The summed E-state index contributed by atoms with van der Waals surface area (Å²) in [5.74, 6) is 0. The first-order valence-electron chi connectivity index (χ1n) is 7.53. The highest BCUT2D eigenvalue weighted by atomic mass is 16.5. The lowest BCUT2D eigenvalue weighted by Crippen LogP contribution is -2.46. The number of ether oxygens (including phenoxy) is 1. The molecule has 0 spiro atoms. The Kier molecular flexibility index (Phi) is 5.51. The van der Waals surface area contributed by atoms with Crippen molar-refractivity contribution in [1.29, 1.82) is 0 Å². The number of nitrogens with one attached hydrogen (secondary N) is 1. The van der Waals surface area contributed by atoms with Crippen molar-refractivity contribution in [2.45, 2.75) is 59.0 Å². The Labute approximate surface area is 121 Å². The summed E-state index contributed by atoms with van der Waals surface area (Å²) in [7, 11) is 0. The van der Waals surface area contributed by atoms with E-state index < -0.39 is 0 Å². The highest BCUT2D eigenvalue weighted by Gasteiger charge is 2.21. The van der Waals surface area contributed by atoms with Crippen LogP contribution >= 0.6 is 0 Å².